The quantitative estimate of drug-likeness (QED) is 0.259. The van der Waals surface area contributed by atoms with Gasteiger partial charge in [-0.1, -0.05) is 60.7 Å². The summed E-state index contributed by atoms with van der Waals surface area (Å²) in [5.41, 5.74) is 4.13. The molecule has 0 aliphatic carbocycles. The van der Waals surface area contributed by atoms with Gasteiger partial charge in [-0.05, 0) is 57.9 Å². The standard InChI is InChI=1S/C31H17N3S/c32-18-21-16-20(14-15-33-21)26-10-5-11-27(34-26)25-17-29-31(24-9-4-3-8-23(24)25)30-22-7-2-1-6-19(22)12-13-28(30)35-29/h1-17H. The second-order valence-corrected chi connectivity index (χ2v) is 9.64. The van der Waals surface area contributed by atoms with E-state index in [1.807, 2.05) is 29.5 Å². The Morgan fingerprint density at radius 2 is 1.43 bits per heavy atom. The van der Waals surface area contributed by atoms with Gasteiger partial charge >= 0.3 is 0 Å². The topological polar surface area (TPSA) is 49.6 Å². The molecular formula is C31H17N3S. The first-order valence-electron chi connectivity index (χ1n) is 11.4. The molecular weight excluding hydrogens is 446 g/mol. The van der Waals surface area contributed by atoms with Crippen molar-refractivity contribution in [3.05, 3.63) is 109 Å². The van der Waals surface area contributed by atoms with Crippen molar-refractivity contribution in [1.29, 1.82) is 5.26 Å². The monoisotopic (exact) mass is 463 g/mol. The minimum atomic E-state index is 0.388. The maximum atomic E-state index is 9.25. The Bertz CT molecular complexity index is 1980. The van der Waals surface area contributed by atoms with Crippen molar-refractivity contribution in [2.75, 3.05) is 0 Å². The predicted octanol–water partition coefficient (Wildman–Crippen LogP) is 8.36. The van der Waals surface area contributed by atoms with Crippen LogP contribution in [0.2, 0.25) is 0 Å². The predicted molar refractivity (Wildman–Crippen MR) is 146 cm³/mol. The second-order valence-electron chi connectivity index (χ2n) is 8.55. The van der Waals surface area contributed by atoms with Crippen LogP contribution in [-0.4, -0.2) is 9.97 Å². The summed E-state index contributed by atoms with van der Waals surface area (Å²) in [7, 11) is 0. The number of benzene rings is 4. The van der Waals surface area contributed by atoms with Crippen molar-refractivity contribution in [1.82, 2.24) is 9.97 Å². The molecule has 0 radical (unpaired) electrons. The van der Waals surface area contributed by atoms with Crippen molar-refractivity contribution < 1.29 is 0 Å². The maximum absolute atomic E-state index is 9.25. The highest BCUT2D eigenvalue weighted by molar-refractivity contribution is 7.26. The summed E-state index contributed by atoms with van der Waals surface area (Å²) in [6.45, 7) is 0. The molecule has 7 rings (SSSR count). The zero-order valence-corrected chi connectivity index (χ0v) is 19.4. The molecule has 0 aliphatic heterocycles. The van der Waals surface area contributed by atoms with E-state index in [0.717, 1.165) is 22.5 Å². The molecule has 0 aliphatic rings. The van der Waals surface area contributed by atoms with E-state index in [-0.39, 0.29) is 0 Å². The van der Waals surface area contributed by atoms with Gasteiger partial charge in [-0.2, -0.15) is 5.26 Å². The Morgan fingerprint density at radius 1 is 0.657 bits per heavy atom. The molecule has 0 bridgehead atoms. The smallest absolute Gasteiger partial charge is 0.141 e. The van der Waals surface area contributed by atoms with Gasteiger partial charge in [-0.25, -0.2) is 9.97 Å². The van der Waals surface area contributed by atoms with E-state index >= 15 is 0 Å². The number of nitrogens with zero attached hydrogens (tertiary/aromatic N) is 3. The maximum Gasteiger partial charge on any atom is 0.141 e. The molecule has 0 spiro atoms. The lowest BCUT2D eigenvalue weighted by Crippen LogP contribution is -1.91. The van der Waals surface area contributed by atoms with Crippen molar-refractivity contribution in [3.63, 3.8) is 0 Å². The first kappa shape index (κ1) is 19.8. The molecule has 162 valence electrons. The molecule has 0 saturated heterocycles. The van der Waals surface area contributed by atoms with Gasteiger partial charge < -0.3 is 0 Å². The van der Waals surface area contributed by atoms with Gasteiger partial charge in [-0.15, -0.1) is 11.3 Å². The summed E-state index contributed by atoms with van der Waals surface area (Å²) in [5, 5.41) is 16.9. The molecule has 4 aromatic carbocycles. The Hall–Kier alpha value is -4.59. The van der Waals surface area contributed by atoms with Gasteiger partial charge in [0.05, 0.1) is 11.4 Å². The lowest BCUT2D eigenvalue weighted by molar-refractivity contribution is 1.25. The minimum Gasteiger partial charge on any atom is -0.248 e. The summed E-state index contributed by atoms with van der Waals surface area (Å²) in [6, 6.07) is 35.8. The van der Waals surface area contributed by atoms with Crippen LogP contribution < -0.4 is 0 Å². The largest absolute Gasteiger partial charge is 0.248 e. The molecule has 4 heteroatoms. The van der Waals surface area contributed by atoms with Crippen molar-refractivity contribution in [3.8, 4) is 28.6 Å². The molecule has 3 aromatic heterocycles. The highest BCUT2D eigenvalue weighted by atomic mass is 32.1. The number of rotatable bonds is 2. The average Bonchev–Trinajstić information content (AvgIpc) is 3.32. The Labute approximate surface area is 205 Å². The second kappa shape index (κ2) is 7.73. The van der Waals surface area contributed by atoms with Crippen LogP contribution in [0.15, 0.2) is 103 Å². The van der Waals surface area contributed by atoms with Gasteiger partial charge in [-0.3, -0.25) is 0 Å². The third kappa shape index (κ3) is 3.10. The van der Waals surface area contributed by atoms with Crippen LogP contribution in [0.5, 0.6) is 0 Å². The van der Waals surface area contributed by atoms with Gasteiger partial charge in [0.25, 0.3) is 0 Å². The van der Waals surface area contributed by atoms with Gasteiger partial charge in [0.15, 0.2) is 0 Å². The fraction of sp³-hybridized carbons (Fsp3) is 0. The van der Waals surface area contributed by atoms with Gasteiger partial charge in [0.2, 0.25) is 0 Å². The number of hydrogen-bond donors (Lipinski definition) is 0. The summed E-state index contributed by atoms with van der Waals surface area (Å²) in [5.74, 6) is 0. The van der Waals surface area contributed by atoms with E-state index in [4.69, 9.17) is 4.98 Å². The van der Waals surface area contributed by atoms with E-state index in [9.17, 15) is 5.26 Å². The summed E-state index contributed by atoms with van der Waals surface area (Å²) in [4.78, 5) is 9.11. The number of aromatic nitrogens is 2. The Balaban J connectivity index is 1.53. The molecule has 0 unspecified atom stereocenters. The summed E-state index contributed by atoms with van der Waals surface area (Å²) in [6.07, 6.45) is 1.66. The molecule has 35 heavy (non-hydrogen) atoms. The highest BCUT2D eigenvalue weighted by Gasteiger charge is 2.16. The van der Waals surface area contributed by atoms with Crippen LogP contribution in [0.1, 0.15) is 5.69 Å². The van der Waals surface area contributed by atoms with E-state index in [0.29, 0.717) is 5.69 Å². The molecule has 0 atom stereocenters. The fourth-order valence-corrected chi connectivity index (χ4v) is 6.19. The Kier molecular flexibility index (Phi) is 4.38. The third-order valence-corrected chi connectivity index (χ3v) is 7.67. The number of nitriles is 1. The van der Waals surface area contributed by atoms with E-state index in [1.54, 1.807) is 12.3 Å². The average molecular weight is 464 g/mol. The number of pyridine rings is 2. The lowest BCUT2D eigenvalue weighted by atomic mass is 9.95. The zero-order chi connectivity index (χ0) is 23.4. The van der Waals surface area contributed by atoms with Gasteiger partial charge in [0, 0.05) is 37.5 Å². The van der Waals surface area contributed by atoms with Crippen LogP contribution in [0, 0.1) is 11.3 Å². The molecule has 0 saturated carbocycles. The highest BCUT2D eigenvalue weighted by Crippen LogP contribution is 2.44. The van der Waals surface area contributed by atoms with E-state index in [1.165, 1.54) is 41.7 Å². The third-order valence-electron chi connectivity index (χ3n) is 6.56. The van der Waals surface area contributed by atoms with Crippen LogP contribution in [0.4, 0.5) is 0 Å². The van der Waals surface area contributed by atoms with Crippen LogP contribution in [0.3, 0.4) is 0 Å². The number of fused-ring (bicyclic) bond motifs is 7. The number of thiophene rings is 1. The minimum absolute atomic E-state index is 0.388. The van der Waals surface area contributed by atoms with Crippen LogP contribution >= 0.6 is 11.3 Å². The van der Waals surface area contributed by atoms with Crippen molar-refractivity contribution >= 4 is 53.1 Å². The lowest BCUT2D eigenvalue weighted by Gasteiger charge is -2.10. The van der Waals surface area contributed by atoms with Crippen molar-refractivity contribution in [2.45, 2.75) is 0 Å². The SMILES string of the molecule is N#Cc1cc(-c2cccc(-c3cc4sc5ccc6ccccc6c5c4c4ccccc34)n2)ccn1. The first-order valence-corrected chi connectivity index (χ1v) is 12.2. The molecule has 0 amide bonds. The van der Waals surface area contributed by atoms with E-state index < -0.39 is 0 Å². The van der Waals surface area contributed by atoms with Gasteiger partial charge in [0.1, 0.15) is 11.8 Å². The van der Waals surface area contributed by atoms with Crippen LogP contribution in [-0.2, 0) is 0 Å². The Morgan fingerprint density at radius 3 is 2.31 bits per heavy atom. The fourth-order valence-electron chi connectivity index (χ4n) is 5.01. The summed E-state index contributed by atoms with van der Waals surface area (Å²) < 4.78 is 2.55. The van der Waals surface area contributed by atoms with Crippen LogP contribution in [0.25, 0.3) is 64.2 Å². The molecule has 0 N–H and O–H groups in total. The first-order chi connectivity index (χ1) is 17.3. The number of hydrogen-bond acceptors (Lipinski definition) is 4. The molecule has 0 fully saturated rings. The molecule has 7 aromatic rings. The zero-order valence-electron chi connectivity index (χ0n) is 18.6. The molecule has 3 heterocycles. The summed E-state index contributed by atoms with van der Waals surface area (Å²) >= 11 is 1.83. The molecule has 3 nitrogen and oxygen atoms in total. The van der Waals surface area contributed by atoms with E-state index in [2.05, 4.69) is 83.8 Å². The van der Waals surface area contributed by atoms with Crippen molar-refractivity contribution in [2.24, 2.45) is 0 Å². The normalized spacial score (nSPS) is 11.4.